The van der Waals surface area contributed by atoms with Crippen molar-refractivity contribution in [2.45, 2.75) is 33.0 Å². The number of ether oxygens (including phenoxy) is 2. The predicted molar refractivity (Wildman–Crippen MR) is 122 cm³/mol. The number of amides is 1. The Morgan fingerprint density at radius 1 is 0.969 bits per heavy atom. The number of carbonyl (C=O) groups excluding carboxylic acids is 2. The minimum absolute atomic E-state index is 0.121. The van der Waals surface area contributed by atoms with E-state index in [-0.39, 0.29) is 24.7 Å². The zero-order valence-corrected chi connectivity index (χ0v) is 18.3. The molecule has 8 nitrogen and oxygen atoms in total. The minimum Gasteiger partial charge on any atom is -0.459 e. The van der Waals surface area contributed by atoms with Gasteiger partial charge in [0.2, 0.25) is 0 Å². The average Bonchev–Trinajstić information content (AvgIpc) is 2.77. The van der Waals surface area contributed by atoms with Gasteiger partial charge in [-0.25, -0.2) is 14.8 Å². The summed E-state index contributed by atoms with van der Waals surface area (Å²) in [5, 5.41) is 5.56. The lowest BCUT2D eigenvalue weighted by Gasteiger charge is -2.20. The smallest absolute Gasteiger partial charge is 0.412 e. The van der Waals surface area contributed by atoms with Crippen LogP contribution in [0.2, 0.25) is 0 Å². The molecule has 2 N–H and O–H groups in total. The Hall–Kier alpha value is -3.94. The van der Waals surface area contributed by atoms with Crippen LogP contribution in [0.3, 0.4) is 0 Å². The summed E-state index contributed by atoms with van der Waals surface area (Å²) in [4.78, 5) is 33.3. The van der Waals surface area contributed by atoms with Gasteiger partial charge in [0.15, 0.2) is 11.6 Å². The Morgan fingerprint density at radius 3 is 2.28 bits per heavy atom. The molecule has 8 heteroatoms. The number of aromatic nitrogens is 2. The van der Waals surface area contributed by atoms with Gasteiger partial charge < -0.3 is 14.8 Å². The highest BCUT2D eigenvalue weighted by Gasteiger charge is 2.18. The fourth-order valence-corrected chi connectivity index (χ4v) is 2.74. The first-order chi connectivity index (χ1) is 15.3. The van der Waals surface area contributed by atoms with Gasteiger partial charge in [-0.1, -0.05) is 60.7 Å². The van der Waals surface area contributed by atoms with Crippen molar-refractivity contribution in [3.8, 4) is 11.4 Å². The highest BCUT2D eigenvalue weighted by atomic mass is 16.6. The molecule has 0 aliphatic carbocycles. The number of carbonyl (C=O) groups is 2. The fraction of sp³-hybridized carbons (Fsp3) is 0.250. The third kappa shape index (κ3) is 7.09. The quantitative estimate of drug-likeness (QED) is 0.522. The Balaban J connectivity index is 1.74. The molecule has 0 aliphatic heterocycles. The van der Waals surface area contributed by atoms with E-state index in [0.717, 1.165) is 11.1 Å². The third-order valence-corrected chi connectivity index (χ3v) is 4.09. The molecular weight excluding hydrogens is 408 g/mol. The van der Waals surface area contributed by atoms with E-state index in [0.29, 0.717) is 5.82 Å². The van der Waals surface area contributed by atoms with Gasteiger partial charge in [0.1, 0.15) is 24.4 Å². The van der Waals surface area contributed by atoms with Gasteiger partial charge in [-0.3, -0.25) is 10.1 Å². The summed E-state index contributed by atoms with van der Waals surface area (Å²) in [7, 11) is 0. The molecule has 0 aliphatic rings. The molecule has 0 radical (unpaired) electrons. The van der Waals surface area contributed by atoms with E-state index in [2.05, 4.69) is 20.6 Å². The number of benzene rings is 2. The summed E-state index contributed by atoms with van der Waals surface area (Å²) in [6.07, 6.45) is 0.807. The zero-order chi connectivity index (χ0) is 23.0. The number of nitrogens with one attached hydrogen (secondary N) is 2. The van der Waals surface area contributed by atoms with Crippen molar-refractivity contribution in [1.82, 2.24) is 9.97 Å². The normalized spacial score (nSPS) is 10.8. The molecule has 3 aromatic rings. The van der Waals surface area contributed by atoms with E-state index in [1.807, 2.05) is 60.7 Å². The van der Waals surface area contributed by atoms with Crippen molar-refractivity contribution in [3.63, 3.8) is 0 Å². The van der Waals surface area contributed by atoms with Crippen molar-refractivity contribution in [2.75, 3.05) is 17.2 Å². The maximum absolute atomic E-state index is 12.3. The topological polar surface area (TPSA) is 102 Å². The number of esters is 1. The van der Waals surface area contributed by atoms with Crippen molar-refractivity contribution < 1.29 is 19.1 Å². The Bertz CT molecular complexity index is 1050. The molecular formula is C24H26N4O4. The van der Waals surface area contributed by atoms with Crippen LogP contribution in [0.4, 0.5) is 16.3 Å². The lowest BCUT2D eigenvalue weighted by molar-refractivity contribution is -0.152. The van der Waals surface area contributed by atoms with Crippen LogP contribution in [0.25, 0.3) is 11.4 Å². The molecule has 0 unspecified atom stereocenters. The summed E-state index contributed by atoms with van der Waals surface area (Å²) < 4.78 is 10.6. The van der Waals surface area contributed by atoms with Gasteiger partial charge in [0, 0.05) is 5.56 Å². The monoisotopic (exact) mass is 434 g/mol. The second-order valence-electron chi connectivity index (χ2n) is 7.95. The molecule has 1 aromatic heterocycles. The third-order valence-electron chi connectivity index (χ3n) is 4.09. The molecule has 166 valence electrons. The number of rotatable bonds is 7. The molecule has 2 aromatic carbocycles. The van der Waals surface area contributed by atoms with Crippen LogP contribution in [0, 0.1) is 0 Å². The van der Waals surface area contributed by atoms with Crippen LogP contribution in [0.15, 0.2) is 66.9 Å². The Kier molecular flexibility index (Phi) is 7.38. The van der Waals surface area contributed by atoms with E-state index in [1.54, 1.807) is 20.8 Å². The van der Waals surface area contributed by atoms with Crippen LogP contribution in [-0.2, 0) is 20.9 Å². The highest BCUT2D eigenvalue weighted by Crippen LogP contribution is 2.23. The molecule has 0 fully saturated rings. The van der Waals surface area contributed by atoms with Gasteiger partial charge in [-0.05, 0) is 26.3 Å². The lowest BCUT2D eigenvalue weighted by Crippen LogP contribution is -2.28. The average molecular weight is 434 g/mol. The number of anilines is 2. The first-order valence-corrected chi connectivity index (χ1v) is 10.2. The Morgan fingerprint density at radius 2 is 1.62 bits per heavy atom. The van der Waals surface area contributed by atoms with E-state index >= 15 is 0 Å². The highest BCUT2D eigenvalue weighted by molar-refractivity contribution is 5.89. The molecule has 32 heavy (non-hydrogen) atoms. The second kappa shape index (κ2) is 10.4. The summed E-state index contributed by atoms with van der Waals surface area (Å²) >= 11 is 0. The summed E-state index contributed by atoms with van der Waals surface area (Å²) in [5.74, 6) is 0.275. The maximum atomic E-state index is 12.3. The summed E-state index contributed by atoms with van der Waals surface area (Å²) in [6.45, 7) is 5.36. The number of hydrogen-bond acceptors (Lipinski definition) is 7. The molecule has 0 saturated heterocycles. The van der Waals surface area contributed by atoms with Gasteiger partial charge in [-0.2, -0.15) is 0 Å². The fourth-order valence-electron chi connectivity index (χ4n) is 2.74. The molecule has 0 spiro atoms. The molecule has 1 heterocycles. The van der Waals surface area contributed by atoms with Crippen molar-refractivity contribution in [3.05, 3.63) is 72.4 Å². The van der Waals surface area contributed by atoms with E-state index in [4.69, 9.17) is 9.47 Å². The van der Waals surface area contributed by atoms with E-state index in [1.165, 1.54) is 6.20 Å². The predicted octanol–water partition coefficient (Wildman–Crippen LogP) is 4.65. The first kappa shape index (κ1) is 22.7. The van der Waals surface area contributed by atoms with Crippen LogP contribution in [0.5, 0.6) is 0 Å². The zero-order valence-electron chi connectivity index (χ0n) is 18.3. The van der Waals surface area contributed by atoms with E-state index in [9.17, 15) is 9.59 Å². The maximum Gasteiger partial charge on any atom is 0.412 e. The van der Waals surface area contributed by atoms with Gasteiger partial charge in [0.25, 0.3) is 0 Å². The van der Waals surface area contributed by atoms with E-state index < -0.39 is 17.7 Å². The lowest BCUT2D eigenvalue weighted by atomic mass is 10.2. The SMILES string of the molecule is CC(C)(C)OC(=O)CNc1nc(-c2ccccc2)ncc1NC(=O)OCc1ccccc1. The van der Waals surface area contributed by atoms with Gasteiger partial charge >= 0.3 is 12.1 Å². The molecule has 3 rings (SSSR count). The van der Waals surface area contributed by atoms with Crippen LogP contribution < -0.4 is 10.6 Å². The molecule has 0 atom stereocenters. The standard InChI is InChI=1S/C24H26N4O4/c1-24(2,3)32-20(29)15-26-22-19(14-25-21(28-22)18-12-8-5-9-13-18)27-23(30)31-16-17-10-6-4-7-11-17/h4-14H,15-16H2,1-3H3,(H,27,30)(H,25,26,28). The molecule has 0 saturated carbocycles. The van der Waals surface area contributed by atoms with Gasteiger partial charge in [0.05, 0.1) is 6.20 Å². The summed E-state index contributed by atoms with van der Waals surface area (Å²) in [5.41, 5.74) is 1.33. The second-order valence-corrected chi connectivity index (χ2v) is 7.95. The van der Waals surface area contributed by atoms with Crippen LogP contribution in [-0.4, -0.2) is 34.2 Å². The minimum atomic E-state index is -0.662. The van der Waals surface area contributed by atoms with Crippen LogP contribution in [0.1, 0.15) is 26.3 Å². The van der Waals surface area contributed by atoms with Crippen molar-refractivity contribution in [2.24, 2.45) is 0 Å². The largest absolute Gasteiger partial charge is 0.459 e. The number of hydrogen-bond donors (Lipinski definition) is 2. The summed E-state index contributed by atoms with van der Waals surface area (Å²) in [6, 6.07) is 18.7. The van der Waals surface area contributed by atoms with Crippen molar-refractivity contribution in [1.29, 1.82) is 0 Å². The molecule has 0 bridgehead atoms. The van der Waals surface area contributed by atoms with Gasteiger partial charge in [-0.15, -0.1) is 0 Å². The molecule has 1 amide bonds. The van der Waals surface area contributed by atoms with Crippen molar-refractivity contribution >= 4 is 23.6 Å². The van der Waals surface area contributed by atoms with Crippen LogP contribution >= 0.6 is 0 Å². The Labute approximate surface area is 187 Å². The first-order valence-electron chi connectivity index (χ1n) is 10.2. The number of nitrogens with zero attached hydrogens (tertiary/aromatic N) is 2.